The highest BCUT2D eigenvalue weighted by Crippen LogP contribution is 2.32. The number of nitrogens with zero attached hydrogens (tertiary/aromatic N) is 2. The predicted molar refractivity (Wildman–Crippen MR) is 101 cm³/mol. The number of piperidine rings is 1. The van der Waals surface area contributed by atoms with Crippen LogP contribution in [0.5, 0.6) is 0 Å². The number of hydrogen-bond acceptors (Lipinski definition) is 4. The van der Waals surface area contributed by atoms with Crippen molar-refractivity contribution < 1.29 is 14.3 Å². The number of rotatable bonds is 3. The van der Waals surface area contributed by atoms with Gasteiger partial charge in [0.1, 0.15) is 10.8 Å². The Morgan fingerprint density at radius 3 is 2.58 bits per heavy atom. The summed E-state index contributed by atoms with van der Waals surface area (Å²) in [5.74, 6) is -0.275. The fourth-order valence-corrected chi connectivity index (χ4v) is 4.13. The van der Waals surface area contributed by atoms with Crippen LogP contribution in [0.4, 0.5) is 9.18 Å². The van der Waals surface area contributed by atoms with Gasteiger partial charge in [0.25, 0.3) is 0 Å². The Labute approximate surface area is 156 Å². The zero-order chi connectivity index (χ0) is 18.9. The number of benzene rings is 1. The number of aromatic nitrogens is 1. The molecule has 2 N–H and O–H groups in total. The maximum Gasteiger partial charge on any atom is 0.317 e. The molecule has 0 bridgehead atoms. The zero-order valence-corrected chi connectivity index (χ0v) is 16.1. The van der Waals surface area contributed by atoms with Gasteiger partial charge >= 0.3 is 6.03 Å². The van der Waals surface area contributed by atoms with Crippen LogP contribution in [0.2, 0.25) is 0 Å². The van der Waals surface area contributed by atoms with Crippen molar-refractivity contribution >= 4 is 17.4 Å². The zero-order valence-electron chi connectivity index (χ0n) is 15.3. The van der Waals surface area contributed by atoms with Gasteiger partial charge in [-0.15, -0.1) is 11.3 Å². The smallest absolute Gasteiger partial charge is 0.317 e. The Morgan fingerprint density at radius 2 is 1.96 bits per heavy atom. The first-order chi connectivity index (χ1) is 12.2. The van der Waals surface area contributed by atoms with Crippen molar-refractivity contribution in [2.45, 2.75) is 45.3 Å². The third-order valence-electron chi connectivity index (χ3n) is 4.78. The minimum absolute atomic E-state index is 0.121. The molecule has 2 amide bonds. The van der Waals surface area contributed by atoms with Crippen LogP contribution in [0, 0.1) is 12.7 Å². The molecule has 0 aliphatic carbocycles. The van der Waals surface area contributed by atoms with E-state index in [9.17, 15) is 14.3 Å². The van der Waals surface area contributed by atoms with Crippen LogP contribution in [0.1, 0.15) is 43.3 Å². The fraction of sp³-hybridized carbons (Fsp3) is 0.474. The maximum atomic E-state index is 13.1. The van der Waals surface area contributed by atoms with E-state index in [1.165, 1.54) is 23.5 Å². The molecule has 1 aromatic heterocycles. The van der Waals surface area contributed by atoms with E-state index in [1.807, 2.05) is 20.8 Å². The van der Waals surface area contributed by atoms with Gasteiger partial charge in [0, 0.05) is 18.7 Å². The summed E-state index contributed by atoms with van der Waals surface area (Å²) in [4.78, 5) is 19.8. The summed E-state index contributed by atoms with van der Waals surface area (Å²) in [6.45, 7) is 6.76. The molecular formula is C19H24FN3O2S. The van der Waals surface area contributed by atoms with Crippen molar-refractivity contribution in [2.24, 2.45) is 0 Å². The quantitative estimate of drug-likeness (QED) is 0.853. The first kappa shape index (κ1) is 18.8. The van der Waals surface area contributed by atoms with Gasteiger partial charge in [0.15, 0.2) is 0 Å². The van der Waals surface area contributed by atoms with E-state index in [-0.39, 0.29) is 17.9 Å². The summed E-state index contributed by atoms with van der Waals surface area (Å²) in [5, 5.41) is 13.8. The number of hydrogen-bond donors (Lipinski definition) is 2. The second kappa shape index (κ2) is 7.32. The van der Waals surface area contributed by atoms with E-state index in [0.717, 1.165) is 21.1 Å². The fourth-order valence-electron chi connectivity index (χ4n) is 3.06. The second-order valence-corrected chi connectivity index (χ2v) is 8.16. The molecule has 7 heteroatoms. The molecule has 1 saturated heterocycles. The van der Waals surface area contributed by atoms with Gasteiger partial charge in [0.05, 0.1) is 22.2 Å². The molecule has 0 spiro atoms. The van der Waals surface area contributed by atoms with Crippen molar-refractivity contribution in [3.05, 3.63) is 40.7 Å². The topological polar surface area (TPSA) is 65.5 Å². The lowest BCUT2D eigenvalue weighted by atomic mass is 9.94. The largest absolute Gasteiger partial charge is 0.390 e. The summed E-state index contributed by atoms with van der Waals surface area (Å²) in [5.41, 5.74) is 1.05. The normalized spacial score (nSPS) is 17.8. The highest BCUT2D eigenvalue weighted by molar-refractivity contribution is 7.15. The summed E-state index contributed by atoms with van der Waals surface area (Å²) < 4.78 is 13.1. The van der Waals surface area contributed by atoms with Crippen LogP contribution in [0.25, 0.3) is 10.6 Å². The molecule has 0 saturated carbocycles. The number of aryl methyl sites for hydroxylation is 1. The maximum absolute atomic E-state index is 13.1. The molecule has 5 nitrogen and oxygen atoms in total. The van der Waals surface area contributed by atoms with Crippen molar-refractivity contribution in [2.75, 3.05) is 13.1 Å². The highest BCUT2D eigenvalue weighted by atomic mass is 32.1. The van der Waals surface area contributed by atoms with E-state index in [4.69, 9.17) is 0 Å². The van der Waals surface area contributed by atoms with E-state index in [2.05, 4.69) is 10.3 Å². The van der Waals surface area contributed by atoms with Crippen molar-refractivity contribution in [1.82, 2.24) is 15.2 Å². The summed E-state index contributed by atoms with van der Waals surface area (Å²) in [6.07, 6.45) is 1.17. The minimum Gasteiger partial charge on any atom is -0.390 e. The molecule has 1 aliphatic heterocycles. The van der Waals surface area contributed by atoms with Crippen molar-refractivity contribution in [3.63, 3.8) is 0 Å². The third-order valence-corrected chi connectivity index (χ3v) is 6.17. The van der Waals surface area contributed by atoms with Gasteiger partial charge in [-0.2, -0.15) is 0 Å². The van der Waals surface area contributed by atoms with E-state index < -0.39 is 5.60 Å². The number of nitrogens with one attached hydrogen (secondary N) is 1. The van der Waals surface area contributed by atoms with Crippen LogP contribution < -0.4 is 5.32 Å². The standard InChI is InChI=1S/C19H24FN3O2S/c1-12-16(26-17(21-12)14-4-6-15(20)7-5-14)13(2)22-18(24)23-10-8-19(3,25)9-11-23/h4-7,13,25H,8-11H2,1-3H3,(H,22,24). The summed E-state index contributed by atoms with van der Waals surface area (Å²) in [6, 6.07) is 5.96. The molecule has 26 heavy (non-hydrogen) atoms. The van der Waals surface area contributed by atoms with Crippen LogP contribution in [-0.4, -0.2) is 39.7 Å². The molecule has 2 heterocycles. The average molecular weight is 377 g/mol. The van der Waals surface area contributed by atoms with Gasteiger partial charge in [-0.05, 0) is 57.9 Å². The van der Waals surface area contributed by atoms with Crippen LogP contribution >= 0.6 is 11.3 Å². The van der Waals surface area contributed by atoms with Crippen LogP contribution in [0.15, 0.2) is 24.3 Å². The first-order valence-corrected chi connectivity index (χ1v) is 9.58. The van der Waals surface area contributed by atoms with E-state index in [1.54, 1.807) is 17.0 Å². The average Bonchev–Trinajstić information content (AvgIpc) is 2.97. The van der Waals surface area contributed by atoms with E-state index >= 15 is 0 Å². The molecule has 1 unspecified atom stereocenters. The van der Waals surface area contributed by atoms with Crippen LogP contribution in [0.3, 0.4) is 0 Å². The lowest BCUT2D eigenvalue weighted by Gasteiger charge is -2.36. The van der Waals surface area contributed by atoms with Gasteiger partial charge in [-0.25, -0.2) is 14.2 Å². The van der Waals surface area contributed by atoms with Gasteiger partial charge < -0.3 is 15.3 Å². The SMILES string of the molecule is Cc1nc(-c2ccc(F)cc2)sc1C(C)NC(=O)N1CCC(C)(O)CC1. The second-order valence-electron chi connectivity index (χ2n) is 7.13. The van der Waals surface area contributed by atoms with Gasteiger partial charge in [-0.1, -0.05) is 0 Å². The number of amides is 2. The van der Waals surface area contributed by atoms with Gasteiger partial charge in [-0.3, -0.25) is 0 Å². The predicted octanol–water partition coefficient (Wildman–Crippen LogP) is 3.88. The summed E-state index contributed by atoms with van der Waals surface area (Å²) >= 11 is 1.51. The lowest BCUT2D eigenvalue weighted by molar-refractivity contribution is 0.00420. The van der Waals surface area contributed by atoms with E-state index in [0.29, 0.717) is 25.9 Å². The molecule has 1 atom stereocenters. The first-order valence-electron chi connectivity index (χ1n) is 8.76. The number of halogens is 1. The lowest BCUT2D eigenvalue weighted by Crippen LogP contribution is -2.49. The molecule has 3 rings (SSSR count). The number of thiazole rings is 1. The van der Waals surface area contributed by atoms with Crippen molar-refractivity contribution in [1.29, 1.82) is 0 Å². The van der Waals surface area contributed by atoms with Gasteiger partial charge in [0.2, 0.25) is 0 Å². The Balaban J connectivity index is 1.67. The molecule has 0 radical (unpaired) electrons. The third kappa shape index (κ3) is 4.22. The number of aliphatic hydroxyl groups is 1. The monoisotopic (exact) mass is 377 g/mol. The number of urea groups is 1. The minimum atomic E-state index is -0.680. The highest BCUT2D eigenvalue weighted by Gasteiger charge is 2.30. The summed E-state index contributed by atoms with van der Waals surface area (Å²) in [7, 11) is 0. The number of likely N-dealkylation sites (tertiary alicyclic amines) is 1. The Bertz CT molecular complexity index is 779. The molecule has 1 aromatic carbocycles. The Morgan fingerprint density at radius 1 is 1.35 bits per heavy atom. The Hall–Kier alpha value is -1.99. The van der Waals surface area contributed by atoms with Crippen LogP contribution in [-0.2, 0) is 0 Å². The molecule has 2 aromatic rings. The molecule has 140 valence electrons. The number of carbonyl (C=O) groups excluding carboxylic acids is 1. The number of carbonyl (C=O) groups is 1. The molecule has 1 aliphatic rings. The van der Waals surface area contributed by atoms with Crippen molar-refractivity contribution in [3.8, 4) is 10.6 Å². The Kier molecular flexibility index (Phi) is 5.29. The molecule has 1 fully saturated rings. The molecular weight excluding hydrogens is 353 g/mol.